The second-order valence-electron chi connectivity index (χ2n) is 6.43. The number of amides is 2. The van der Waals surface area contributed by atoms with Crippen LogP contribution in [0.15, 0.2) is 48.5 Å². The van der Waals surface area contributed by atoms with Gasteiger partial charge in [0.25, 0.3) is 0 Å². The van der Waals surface area contributed by atoms with Crippen molar-refractivity contribution in [1.82, 2.24) is 4.90 Å². The van der Waals surface area contributed by atoms with Crippen molar-refractivity contribution >= 4 is 11.8 Å². The van der Waals surface area contributed by atoms with Gasteiger partial charge in [-0.05, 0) is 25.0 Å². The first-order chi connectivity index (χ1) is 11.6. The first-order valence-electron chi connectivity index (χ1n) is 8.03. The van der Waals surface area contributed by atoms with E-state index >= 15 is 0 Å². The Balaban J connectivity index is 1.76. The van der Waals surface area contributed by atoms with Crippen LogP contribution in [0.4, 0.5) is 0 Å². The van der Waals surface area contributed by atoms with Crippen LogP contribution in [0.5, 0.6) is 11.5 Å². The first-order valence-corrected chi connectivity index (χ1v) is 8.03. The molecule has 2 aliphatic rings. The third-order valence-electron chi connectivity index (χ3n) is 4.81. The van der Waals surface area contributed by atoms with Gasteiger partial charge in [-0.15, -0.1) is 0 Å². The molecule has 122 valence electrons. The fraction of sp³-hybridized carbons (Fsp3) is 0.263. The van der Waals surface area contributed by atoms with Crippen LogP contribution in [0.25, 0.3) is 0 Å². The molecule has 0 saturated heterocycles. The summed E-state index contributed by atoms with van der Waals surface area (Å²) in [5.41, 5.74) is 6.31. The molecule has 2 amide bonds. The lowest BCUT2D eigenvalue weighted by atomic mass is 10.0. The highest BCUT2D eigenvalue weighted by Crippen LogP contribution is 2.48. The first kappa shape index (κ1) is 14.8. The lowest BCUT2D eigenvalue weighted by Gasteiger charge is -2.30. The maximum atomic E-state index is 13.0. The Morgan fingerprint density at radius 1 is 0.917 bits per heavy atom. The van der Waals surface area contributed by atoms with E-state index in [2.05, 4.69) is 0 Å². The van der Waals surface area contributed by atoms with Gasteiger partial charge in [0, 0.05) is 24.2 Å². The van der Waals surface area contributed by atoms with Crippen molar-refractivity contribution in [2.24, 2.45) is 11.1 Å². The summed E-state index contributed by atoms with van der Waals surface area (Å²) < 4.78 is 6.03. The molecule has 5 heteroatoms. The van der Waals surface area contributed by atoms with E-state index in [-0.39, 0.29) is 5.91 Å². The van der Waals surface area contributed by atoms with Gasteiger partial charge in [0.2, 0.25) is 11.8 Å². The van der Waals surface area contributed by atoms with E-state index in [4.69, 9.17) is 10.5 Å². The molecule has 0 aromatic heterocycles. The van der Waals surface area contributed by atoms with Gasteiger partial charge in [0.05, 0.1) is 0 Å². The van der Waals surface area contributed by atoms with Gasteiger partial charge in [-0.25, -0.2) is 0 Å². The van der Waals surface area contributed by atoms with E-state index < -0.39 is 11.3 Å². The quantitative estimate of drug-likeness (QED) is 0.864. The molecule has 2 aromatic carbocycles. The molecule has 2 aromatic rings. The average Bonchev–Trinajstić information content (AvgIpc) is 3.36. The molecule has 0 radical (unpaired) electrons. The zero-order valence-electron chi connectivity index (χ0n) is 13.2. The molecule has 0 unspecified atom stereocenters. The van der Waals surface area contributed by atoms with Gasteiger partial charge >= 0.3 is 0 Å². The fourth-order valence-electron chi connectivity index (χ4n) is 3.19. The maximum absolute atomic E-state index is 13.0. The normalized spacial score (nSPS) is 17.6. The van der Waals surface area contributed by atoms with Crippen molar-refractivity contribution in [3.63, 3.8) is 0 Å². The Morgan fingerprint density at radius 2 is 1.42 bits per heavy atom. The largest absolute Gasteiger partial charge is 0.457 e. The van der Waals surface area contributed by atoms with Gasteiger partial charge in [-0.3, -0.25) is 9.59 Å². The number of carbonyl (C=O) groups excluding carboxylic acids is 2. The molecule has 24 heavy (non-hydrogen) atoms. The molecule has 0 bridgehead atoms. The molecule has 0 atom stereocenters. The number of ether oxygens (including phenoxy) is 1. The monoisotopic (exact) mass is 322 g/mol. The number of hydrogen-bond donors (Lipinski definition) is 1. The third kappa shape index (κ3) is 2.33. The number of primary amides is 1. The Labute approximate surface area is 140 Å². The number of fused-ring (bicyclic) bond motifs is 2. The molecule has 1 saturated carbocycles. The second-order valence-corrected chi connectivity index (χ2v) is 6.43. The third-order valence-corrected chi connectivity index (χ3v) is 4.81. The molecule has 0 spiro atoms. The summed E-state index contributed by atoms with van der Waals surface area (Å²) >= 11 is 0. The van der Waals surface area contributed by atoms with Crippen LogP contribution in [-0.4, -0.2) is 16.7 Å². The number of benzene rings is 2. The minimum absolute atomic E-state index is 0.179. The van der Waals surface area contributed by atoms with Crippen molar-refractivity contribution in [2.75, 3.05) is 0 Å². The van der Waals surface area contributed by atoms with Crippen LogP contribution in [0, 0.1) is 5.41 Å². The highest BCUT2D eigenvalue weighted by Gasteiger charge is 2.57. The number of nitrogens with zero attached hydrogens (tertiary/aromatic N) is 1. The van der Waals surface area contributed by atoms with Crippen molar-refractivity contribution in [1.29, 1.82) is 0 Å². The Hall–Kier alpha value is -2.82. The predicted octanol–water partition coefficient (Wildman–Crippen LogP) is 2.59. The summed E-state index contributed by atoms with van der Waals surface area (Å²) in [5, 5.41) is 0. The van der Waals surface area contributed by atoms with E-state index in [0.29, 0.717) is 25.9 Å². The molecule has 2 N–H and O–H groups in total. The molecule has 4 rings (SSSR count). The molecule has 1 heterocycles. The minimum atomic E-state index is -1.01. The number of hydrogen-bond acceptors (Lipinski definition) is 3. The highest BCUT2D eigenvalue weighted by atomic mass is 16.5. The van der Waals surface area contributed by atoms with Gasteiger partial charge in [0.15, 0.2) is 0 Å². The fourth-order valence-corrected chi connectivity index (χ4v) is 3.19. The van der Waals surface area contributed by atoms with Crippen LogP contribution in [0.3, 0.4) is 0 Å². The molecule has 1 aliphatic carbocycles. The predicted molar refractivity (Wildman–Crippen MR) is 88.1 cm³/mol. The Bertz CT molecular complexity index is 779. The summed E-state index contributed by atoms with van der Waals surface area (Å²) in [6.07, 6.45) is 1.08. The summed E-state index contributed by atoms with van der Waals surface area (Å²) in [6.45, 7) is 0.802. The molecule has 1 aliphatic heterocycles. The summed E-state index contributed by atoms with van der Waals surface area (Å²) in [4.78, 5) is 26.5. The maximum Gasteiger partial charge on any atom is 0.238 e. The standard InChI is InChI=1S/C19H18N2O3/c20-17(22)19(9-10-19)18(23)21-11-13-5-1-3-7-15(13)24-16-8-4-2-6-14(16)12-21/h1-8H,9-12H2,(H2,20,22). The summed E-state index contributed by atoms with van der Waals surface area (Å²) in [7, 11) is 0. The van der Waals surface area contributed by atoms with Gasteiger partial charge < -0.3 is 15.4 Å². The van der Waals surface area contributed by atoms with Crippen LogP contribution in [0.1, 0.15) is 24.0 Å². The van der Waals surface area contributed by atoms with Crippen LogP contribution >= 0.6 is 0 Å². The van der Waals surface area contributed by atoms with Crippen molar-refractivity contribution in [3.8, 4) is 11.5 Å². The van der Waals surface area contributed by atoms with E-state index in [1.54, 1.807) is 4.90 Å². The van der Waals surface area contributed by atoms with Crippen molar-refractivity contribution in [3.05, 3.63) is 59.7 Å². The van der Waals surface area contributed by atoms with Crippen LogP contribution in [-0.2, 0) is 22.7 Å². The lowest BCUT2D eigenvalue weighted by Crippen LogP contribution is -2.43. The van der Waals surface area contributed by atoms with E-state index in [0.717, 1.165) is 22.6 Å². The number of para-hydroxylation sites is 2. The highest BCUT2D eigenvalue weighted by molar-refractivity contribution is 6.07. The molecule has 1 fully saturated rings. The summed E-state index contributed by atoms with van der Waals surface area (Å²) in [6, 6.07) is 15.3. The van der Waals surface area contributed by atoms with Crippen LogP contribution < -0.4 is 10.5 Å². The van der Waals surface area contributed by atoms with E-state index in [1.807, 2.05) is 48.5 Å². The number of rotatable bonds is 2. The number of nitrogens with two attached hydrogens (primary N) is 1. The van der Waals surface area contributed by atoms with E-state index in [1.165, 1.54) is 0 Å². The smallest absolute Gasteiger partial charge is 0.238 e. The molecular weight excluding hydrogens is 304 g/mol. The van der Waals surface area contributed by atoms with Crippen molar-refractivity contribution in [2.45, 2.75) is 25.9 Å². The lowest BCUT2D eigenvalue weighted by molar-refractivity contribution is -0.144. The van der Waals surface area contributed by atoms with Gasteiger partial charge in [-0.1, -0.05) is 36.4 Å². The number of carbonyl (C=O) groups is 2. The van der Waals surface area contributed by atoms with Crippen molar-refractivity contribution < 1.29 is 14.3 Å². The average molecular weight is 322 g/mol. The zero-order chi connectivity index (χ0) is 16.7. The zero-order valence-corrected chi connectivity index (χ0v) is 13.2. The van der Waals surface area contributed by atoms with Gasteiger partial charge in [0.1, 0.15) is 16.9 Å². The minimum Gasteiger partial charge on any atom is -0.457 e. The van der Waals surface area contributed by atoms with Crippen LogP contribution in [0.2, 0.25) is 0 Å². The topological polar surface area (TPSA) is 72.6 Å². The SMILES string of the molecule is NC(=O)C1(C(=O)N2Cc3ccccc3Oc3ccccc3C2)CC1. The van der Waals surface area contributed by atoms with E-state index in [9.17, 15) is 9.59 Å². The molecule has 5 nitrogen and oxygen atoms in total. The molecular formula is C19H18N2O3. The Kier molecular flexibility index (Phi) is 3.30. The second kappa shape index (κ2) is 5.37. The summed E-state index contributed by atoms with van der Waals surface area (Å²) in [5.74, 6) is 0.756. The Morgan fingerprint density at radius 3 is 1.88 bits per heavy atom. The van der Waals surface area contributed by atoms with Gasteiger partial charge in [-0.2, -0.15) is 0 Å².